The first-order valence-corrected chi connectivity index (χ1v) is 8.86. The van der Waals surface area contributed by atoms with Crippen LogP contribution >= 0.6 is 0 Å². The van der Waals surface area contributed by atoms with Gasteiger partial charge in [0.1, 0.15) is 11.5 Å². The van der Waals surface area contributed by atoms with Crippen LogP contribution in [0.4, 0.5) is 0 Å². The average molecular weight is 370 g/mol. The maximum atomic E-state index is 11.8. The average Bonchev–Trinajstić information content (AvgIpc) is 2.64. The van der Waals surface area contributed by atoms with E-state index in [4.69, 9.17) is 9.47 Å². The topological polar surface area (TPSA) is 76.7 Å². The van der Waals surface area contributed by atoms with E-state index in [1.807, 2.05) is 56.3 Å². The summed E-state index contributed by atoms with van der Waals surface area (Å²) in [5.41, 5.74) is 7.71. The van der Waals surface area contributed by atoms with Crippen molar-refractivity contribution in [3.05, 3.63) is 59.2 Å². The zero-order chi connectivity index (χ0) is 19.8. The van der Waals surface area contributed by atoms with E-state index in [2.05, 4.69) is 24.7 Å². The Hall–Kier alpha value is -3.02. The molecule has 0 aliphatic carbocycles. The van der Waals surface area contributed by atoms with Gasteiger partial charge >= 0.3 is 0 Å². The summed E-state index contributed by atoms with van der Waals surface area (Å²) in [4.78, 5) is 23.6. The molecule has 0 atom stereocenters. The van der Waals surface area contributed by atoms with Crippen LogP contribution in [0, 0.1) is 13.8 Å². The van der Waals surface area contributed by atoms with Gasteiger partial charge in [-0.05, 0) is 48.6 Å². The Morgan fingerprint density at radius 2 is 1.37 bits per heavy atom. The van der Waals surface area contributed by atoms with Crippen LogP contribution < -0.4 is 20.3 Å². The molecule has 2 aromatic carbocycles. The summed E-state index contributed by atoms with van der Waals surface area (Å²) in [6.45, 7) is 7.65. The summed E-state index contributed by atoms with van der Waals surface area (Å²) in [7, 11) is 0. The van der Waals surface area contributed by atoms with Crippen molar-refractivity contribution < 1.29 is 19.1 Å². The lowest BCUT2D eigenvalue weighted by atomic mass is 10.0. The molecule has 2 rings (SSSR count). The predicted octanol–water partition coefficient (Wildman–Crippen LogP) is 3.03. The Labute approximate surface area is 159 Å². The van der Waals surface area contributed by atoms with E-state index in [1.165, 1.54) is 5.56 Å². The number of amides is 2. The normalized spacial score (nSPS) is 10.4. The van der Waals surface area contributed by atoms with Crippen LogP contribution in [0.2, 0.25) is 0 Å². The minimum Gasteiger partial charge on any atom is -0.484 e. The highest BCUT2D eigenvalue weighted by Crippen LogP contribution is 2.22. The fraction of sp³-hybridized carbons (Fsp3) is 0.333. The number of benzene rings is 2. The fourth-order valence-corrected chi connectivity index (χ4v) is 2.47. The van der Waals surface area contributed by atoms with Gasteiger partial charge in [-0.3, -0.25) is 20.4 Å². The molecule has 0 saturated heterocycles. The molecule has 27 heavy (non-hydrogen) atoms. The quantitative estimate of drug-likeness (QED) is 0.735. The van der Waals surface area contributed by atoms with Gasteiger partial charge in [-0.2, -0.15) is 0 Å². The number of hydrogen-bond donors (Lipinski definition) is 2. The number of carbonyl (C=O) groups is 2. The minimum absolute atomic E-state index is 0.191. The molecular formula is C21H26N2O4. The molecule has 0 bridgehead atoms. The first kappa shape index (κ1) is 20.3. The van der Waals surface area contributed by atoms with Gasteiger partial charge in [-0.1, -0.05) is 44.2 Å². The molecular weight excluding hydrogens is 344 g/mol. The molecule has 0 fully saturated rings. The third-order valence-corrected chi connectivity index (χ3v) is 4.01. The molecule has 0 aliphatic rings. The van der Waals surface area contributed by atoms with Crippen LogP contribution in [0.1, 0.15) is 36.5 Å². The van der Waals surface area contributed by atoms with E-state index in [9.17, 15) is 9.59 Å². The Morgan fingerprint density at radius 3 is 1.89 bits per heavy atom. The van der Waals surface area contributed by atoms with E-state index in [1.54, 1.807) is 0 Å². The Balaban J connectivity index is 1.71. The number of nitrogens with one attached hydrogen (secondary N) is 2. The van der Waals surface area contributed by atoms with Crippen molar-refractivity contribution in [3.63, 3.8) is 0 Å². The molecule has 6 heteroatoms. The zero-order valence-electron chi connectivity index (χ0n) is 16.2. The Bertz CT molecular complexity index is 765. The summed E-state index contributed by atoms with van der Waals surface area (Å²) in [5, 5.41) is 0. The predicted molar refractivity (Wildman–Crippen MR) is 104 cm³/mol. The first-order chi connectivity index (χ1) is 12.9. The molecule has 0 unspecified atom stereocenters. The van der Waals surface area contributed by atoms with Crippen molar-refractivity contribution >= 4 is 11.8 Å². The number of hydrogen-bond acceptors (Lipinski definition) is 4. The number of carbonyl (C=O) groups excluding carboxylic acids is 2. The Kier molecular flexibility index (Phi) is 7.23. The van der Waals surface area contributed by atoms with Crippen molar-refractivity contribution in [2.75, 3.05) is 13.2 Å². The van der Waals surface area contributed by atoms with E-state index < -0.39 is 11.8 Å². The maximum absolute atomic E-state index is 11.8. The molecule has 6 nitrogen and oxygen atoms in total. The first-order valence-electron chi connectivity index (χ1n) is 8.86. The minimum atomic E-state index is -0.455. The van der Waals surface area contributed by atoms with E-state index in [0.717, 1.165) is 11.1 Å². The monoisotopic (exact) mass is 370 g/mol. The third-order valence-electron chi connectivity index (χ3n) is 4.01. The van der Waals surface area contributed by atoms with Crippen LogP contribution in [0.25, 0.3) is 0 Å². The van der Waals surface area contributed by atoms with Crippen LogP contribution in [0.3, 0.4) is 0 Å². The SMILES string of the molecule is Cc1cccc(C)c1OCC(=O)NNC(=O)COc1ccc(C(C)C)cc1. The lowest BCUT2D eigenvalue weighted by molar-refractivity contribution is -0.131. The largest absolute Gasteiger partial charge is 0.484 e. The van der Waals surface area contributed by atoms with E-state index >= 15 is 0 Å². The lowest BCUT2D eigenvalue weighted by Gasteiger charge is -2.12. The number of hydrazine groups is 1. The number of ether oxygens (including phenoxy) is 2. The van der Waals surface area contributed by atoms with Gasteiger partial charge in [0.2, 0.25) is 0 Å². The number of aryl methyl sites for hydroxylation is 2. The molecule has 0 spiro atoms. The summed E-state index contributed by atoms with van der Waals surface area (Å²) < 4.78 is 10.9. The van der Waals surface area contributed by atoms with Crippen LogP contribution in [-0.4, -0.2) is 25.0 Å². The van der Waals surface area contributed by atoms with Crippen LogP contribution in [0.15, 0.2) is 42.5 Å². The summed E-state index contributed by atoms with van der Waals surface area (Å²) in [5.74, 6) is 0.797. The van der Waals surface area contributed by atoms with Crippen molar-refractivity contribution in [1.82, 2.24) is 10.9 Å². The van der Waals surface area contributed by atoms with Crippen molar-refractivity contribution in [2.45, 2.75) is 33.6 Å². The van der Waals surface area contributed by atoms with Gasteiger partial charge in [0.05, 0.1) is 0 Å². The van der Waals surface area contributed by atoms with Crippen molar-refractivity contribution in [3.8, 4) is 11.5 Å². The summed E-state index contributed by atoms with van der Waals surface area (Å²) in [6.07, 6.45) is 0. The van der Waals surface area contributed by atoms with E-state index in [-0.39, 0.29) is 13.2 Å². The number of para-hydroxylation sites is 1. The summed E-state index contributed by atoms with van der Waals surface area (Å²) in [6, 6.07) is 13.3. The van der Waals surface area contributed by atoms with Gasteiger partial charge in [-0.15, -0.1) is 0 Å². The second kappa shape index (κ2) is 9.62. The fourth-order valence-electron chi connectivity index (χ4n) is 2.47. The molecule has 0 radical (unpaired) electrons. The van der Waals surface area contributed by atoms with Gasteiger partial charge < -0.3 is 9.47 Å². The highest BCUT2D eigenvalue weighted by Gasteiger charge is 2.09. The highest BCUT2D eigenvalue weighted by molar-refractivity contribution is 5.83. The molecule has 144 valence electrons. The van der Waals surface area contributed by atoms with Crippen LogP contribution in [0.5, 0.6) is 11.5 Å². The molecule has 0 aliphatic heterocycles. The molecule has 0 aromatic heterocycles. The molecule has 2 N–H and O–H groups in total. The smallest absolute Gasteiger partial charge is 0.276 e. The molecule has 0 heterocycles. The van der Waals surface area contributed by atoms with Gasteiger partial charge in [0.15, 0.2) is 13.2 Å². The van der Waals surface area contributed by atoms with Crippen LogP contribution in [-0.2, 0) is 9.59 Å². The maximum Gasteiger partial charge on any atom is 0.276 e. The van der Waals surface area contributed by atoms with Gasteiger partial charge in [0, 0.05) is 0 Å². The third kappa shape index (κ3) is 6.33. The Morgan fingerprint density at radius 1 is 0.852 bits per heavy atom. The lowest BCUT2D eigenvalue weighted by Crippen LogP contribution is -2.45. The standard InChI is InChI=1S/C21H26N2O4/c1-14(2)17-8-10-18(11-9-17)26-12-19(24)22-23-20(25)13-27-21-15(3)6-5-7-16(21)4/h5-11,14H,12-13H2,1-4H3,(H,22,24)(H,23,25). The van der Waals surface area contributed by atoms with Crippen molar-refractivity contribution in [2.24, 2.45) is 0 Å². The van der Waals surface area contributed by atoms with Gasteiger partial charge in [-0.25, -0.2) is 0 Å². The van der Waals surface area contributed by atoms with Gasteiger partial charge in [0.25, 0.3) is 11.8 Å². The highest BCUT2D eigenvalue weighted by atomic mass is 16.5. The summed E-state index contributed by atoms with van der Waals surface area (Å²) >= 11 is 0. The zero-order valence-corrected chi connectivity index (χ0v) is 16.2. The van der Waals surface area contributed by atoms with E-state index in [0.29, 0.717) is 17.4 Å². The molecule has 2 aromatic rings. The second-order valence-corrected chi connectivity index (χ2v) is 6.62. The van der Waals surface area contributed by atoms with Crippen molar-refractivity contribution in [1.29, 1.82) is 0 Å². The number of rotatable bonds is 7. The molecule has 2 amide bonds. The second-order valence-electron chi connectivity index (χ2n) is 6.62. The molecule has 0 saturated carbocycles.